The van der Waals surface area contributed by atoms with Crippen molar-refractivity contribution < 1.29 is 4.74 Å². The molecule has 112 valence electrons. The molecule has 4 heteroatoms. The molecule has 0 unspecified atom stereocenters. The molecule has 2 aromatic rings. The minimum absolute atomic E-state index is 0.725. The second kappa shape index (κ2) is 8.57. The normalized spacial score (nSPS) is 10.6. The molecule has 0 radical (unpaired) electrons. The third kappa shape index (κ3) is 5.13. The molecule has 0 spiro atoms. The largest absolute Gasteiger partial charge is 0.491 e. The number of ether oxygens (including phenoxy) is 1. The van der Waals surface area contributed by atoms with E-state index >= 15 is 0 Å². The molecule has 2 rings (SSSR count). The van der Waals surface area contributed by atoms with Crippen molar-refractivity contribution >= 4 is 31.9 Å². The van der Waals surface area contributed by atoms with Gasteiger partial charge in [0.05, 0.1) is 15.6 Å². The highest BCUT2D eigenvalue weighted by atomic mass is 79.9. The predicted octanol–water partition coefficient (Wildman–Crippen LogP) is 5.29. The van der Waals surface area contributed by atoms with Crippen molar-refractivity contribution in [1.29, 1.82) is 0 Å². The zero-order valence-corrected chi connectivity index (χ0v) is 15.2. The van der Waals surface area contributed by atoms with Crippen molar-refractivity contribution in [1.82, 2.24) is 5.32 Å². The first-order valence-electron chi connectivity index (χ1n) is 7.06. The molecule has 2 nitrogen and oxygen atoms in total. The van der Waals surface area contributed by atoms with E-state index in [1.54, 1.807) is 0 Å². The zero-order chi connectivity index (χ0) is 15.1. The van der Waals surface area contributed by atoms with Crippen molar-refractivity contribution in [2.45, 2.75) is 26.4 Å². The lowest BCUT2D eigenvalue weighted by Gasteiger charge is -2.12. The number of halogens is 2. The van der Waals surface area contributed by atoms with Gasteiger partial charge in [0.25, 0.3) is 0 Å². The highest BCUT2D eigenvalue weighted by Crippen LogP contribution is 2.34. The highest BCUT2D eigenvalue weighted by Gasteiger charge is 2.08. The maximum atomic E-state index is 5.73. The van der Waals surface area contributed by atoms with Crippen LogP contribution in [0.15, 0.2) is 51.4 Å². The van der Waals surface area contributed by atoms with Crippen LogP contribution in [0.5, 0.6) is 5.75 Å². The van der Waals surface area contributed by atoms with Crippen LogP contribution < -0.4 is 10.1 Å². The van der Waals surface area contributed by atoms with Gasteiger partial charge in [0.2, 0.25) is 0 Å². The fourth-order valence-electron chi connectivity index (χ4n) is 2.00. The summed E-state index contributed by atoms with van der Waals surface area (Å²) in [6.45, 7) is 4.51. The van der Waals surface area contributed by atoms with Crippen LogP contribution in [0, 0.1) is 0 Å². The molecule has 0 aliphatic rings. The predicted molar refractivity (Wildman–Crippen MR) is 94.6 cm³/mol. The van der Waals surface area contributed by atoms with Crippen molar-refractivity contribution in [3.8, 4) is 5.75 Å². The van der Waals surface area contributed by atoms with Gasteiger partial charge in [-0.3, -0.25) is 0 Å². The average Bonchev–Trinajstić information content (AvgIpc) is 2.48. The van der Waals surface area contributed by atoms with Gasteiger partial charge in [-0.1, -0.05) is 37.3 Å². The molecule has 0 amide bonds. The molecular formula is C17H19Br2NO. The first-order valence-corrected chi connectivity index (χ1v) is 8.64. The van der Waals surface area contributed by atoms with Crippen molar-refractivity contribution in [2.24, 2.45) is 0 Å². The van der Waals surface area contributed by atoms with E-state index in [1.807, 2.05) is 6.07 Å². The Morgan fingerprint density at radius 3 is 2.19 bits per heavy atom. The second-order valence-corrected chi connectivity index (χ2v) is 6.53. The Morgan fingerprint density at radius 2 is 1.57 bits per heavy atom. The summed E-state index contributed by atoms with van der Waals surface area (Å²) < 4.78 is 7.71. The molecule has 0 heterocycles. The molecule has 0 bridgehead atoms. The molecule has 1 N–H and O–H groups in total. The molecule has 0 saturated carbocycles. The van der Waals surface area contributed by atoms with E-state index in [2.05, 4.69) is 80.5 Å². The second-order valence-electron chi connectivity index (χ2n) is 4.83. The average molecular weight is 413 g/mol. The van der Waals surface area contributed by atoms with Crippen LogP contribution in [0.1, 0.15) is 24.5 Å². The maximum absolute atomic E-state index is 5.73. The summed E-state index contributed by atoms with van der Waals surface area (Å²) in [6, 6.07) is 14.6. The van der Waals surface area contributed by atoms with Crippen molar-refractivity contribution in [3.63, 3.8) is 0 Å². The van der Waals surface area contributed by atoms with E-state index in [9.17, 15) is 0 Å². The summed E-state index contributed by atoms with van der Waals surface area (Å²) in [4.78, 5) is 0. The Labute approximate surface area is 143 Å². The standard InChI is InChI=1S/C17H19Br2NO/c1-2-8-21-17-15(18)9-14(10-16(17)19)12-20-11-13-6-4-3-5-7-13/h3-7,9-10,20H,2,8,11-12H2,1H3. The van der Waals surface area contributed by atoms with Crippen LogP contribution in [0.25, 0.3) is 0 Å². The maximum Gasteiger partial charge on any atom is 0.147 e. The number of rotatable bonds is 7. The highest BCUT2D eigenvalue weighted by molar-refractivity contribution is 9.11. The van der Waals surface area contributed by atoms with Gasteiger partial charge in [-0.05, 0) is 61.5 Å². The minimum Gasteiger partial charge on any atom is -0.491 e. The monoisotopic (exact) mass is 411 g/mol. The third-order valence-electron chi connectivity index (χ3n) is 3.01. The van der Waals surface area contributed by atoms with E-state index in [4.69, 9.17) is 4.74 Å². The van der Waals surface area contributed by atoms with Gasteiger partial charge in [0, 0.05) is 13.1 Å². The van der Waals surface area contributed by atoms with Crippen LogP contribution in [0.2, 0.25) is 0 Å². The Hall–Kier alpha value is -0.840. The van der Waals surface area contributed by atoms with Crippen molar-refractivity contribution in [3.05, 3.63) is 62.5 Å². The molecule has 21 heavy (non-hydrogen) atoms. The first kappa shape index (κ1) is 16.5. The number of hydrogen-bond donors (Lipinski definition) is 1. The van der Waals surface area contributed by atoms with Gasteiger partial charge in [-0.15, -0.1) is 0 Å². The van der Waals surface area contributed by atoms with Gasteiger partial charge in [0.15, 0.2) is 0 Å². The fraction of sp³-hybridized carbons (Fsp3) is 0.294. The molecule has 0 fully saturated rings. The molecular weight excluding hydrogens is 394 g/mol. The molecule has 0 atom stereocenters. The minimum atomic E-state index is 0.725. The van der Waals surface area contributed by atoms with E-state index in [0.29, 0.717) is 0 Å². The Balaban J connectivity index is 1.95. The first-order chi connectivity index (χ1) is 10.2. The summed E-state index contributed by atoms with van der Waals surface area (Å²) in [5.41, 5.74) is 2.51. The van der Waals surface area contributed by atoms with Crippen LogP contribution in [0.4, 0.5) is 0 Å². The van der Waals surface area contributed by atoms with Crippen molar-refractivity contribution in [2.75, 3.05) is 6.61 Å². The molecule has 0 aliphatic heterocycles. The third-order valence-corrected chi connectivity index (χ3v) is 4.19. The Bertz CT molecular complexity index is 549. The quantitative estimate of drug-likeness (QED) is 0.666. The summed E-state index contributed by atoms with van der Waals surface area (Å²) in [7, 11) is 0. The molecule has 2 aromatic carbocycles. The summed E-state index contributed by atoms with van der Waals surface area (Å²) in [5.74, 6) is 0.878. The molecule has 0 saturated heterocycles. The van der Waals surface area contributed by atoms with Crippen LogP contribution >= 0.6 is 31.9 Å². The number of benzene rings is 2. The van der Waals surface area contributed by atoms with E-state index in [0.717, 1.165) is 40.8 Å². The smallest absolute Gasteiger partial charge is 0.147 e. The van der Waals surface area contributed by atoms with Crippen LogP contribution in [-0.4, -0.2) is 6.61 Å². The fourth-order valence-corrected chi connectivity index (χ4v) is 3.51. The number of hydrogen-bond acceptors (Lipinski definition) is 2. The lowest BCUT2D eigenvalue weighted by Crippen LogP contribution is -2.12. The Kier molecular flexibility index (Phi) is 6.74. The summed E-state index contributed by atoms with van der Waals surface area (Å²) in [6.07, 6.45) is 0.999. The molecule has 0 aromatic heterocycles. The van der Waals surface area contributed by atoms with Crippen LogP contribution in [0.3, 0.4) is 0 Å². The zero-order valence-electron chi connectivity index (χ0n) is 12.0. The van der Waals surface area contributed by atoms with Gasteiger partial charge >= 0.3 is 0 Å². The SMILES string of the molecule is CCCOc1c(Br)cc(CNCc2ccccc2)cc1Br. The topological polar surface area (TPSA) is 21.3 Å². The van der Waals surface area contributed by atoms with E-state index in [1.165, 1.54) is 11.1 Å². The lowest BCUT2D eigenvalue weighted by atomic mass is 10.2. The lowest BCUT2D eigenvalue weighted by molar-refractivity contribution is 0.313. The molecule has 0 aliphatic carbocycles. The van der Waals surface area contributed by atoms with E-state index < -0.39 is 0 Å². The van der Waals surface area contributed by atoms with Crippen LogP contribution in [-0.2, 0) is 13.1 Å². The summed E-state index contributed by atoms with van der Waals surface area (Å²) >= 11 is 7.16. The Morgan fingerprint density at radius 1 is 0.952 bits per heavy atom. The van der Waals surface area contributed by atoms with E-state index in [-0.39, 0.29) is 0 Å². The number of nitrogens with one attached hydrogen (secondary N) is 1. The van der Waals surface area contributed by atoms with Gasteiger partial charge in [-0.2, -0.15) is 0 Å². The van der Waals surface area contributed by atoms with Gasteiger partial charge in [0.1, 0.15) is 5.75 Å². The summed E-state index contributed by atoms with van der Waals surface area (Å²) in [5, 5.41) is 3.45. The van der Waals surface area contributed by atoms with Gasteiger partial charge in [-0.25, -0.2) is 0 Å². The van der Waals surface area contributed by atoms with Gasteiger partial charge < -0.3 is 10.1 Å².